The molecule has 1 fully saturated rings. The van der Waals surface area contributed by atoms with E-state index in [1.54, 1.807) is 6.92 Å². The van der Waals surface area contributed by atoms with Crippen molar-refractivity contribution >= 4 is 17.7 Å². The van der Waals surface area contributed by atoms with Crippen LogP contribution < -0.4 is 0 Å². The zero-order valence-corrected chi connectivity index (χ0v) is 9.01. The predicted octanol–water partition coefficient (Wildman–Crippen LogP) is 1.14. The SMILES string of the molecule is CC1CSCCN(C(C)C(=O)O)C1. The van der Waals surface area contributed by atoms with Crippen molar-refractivity contribution in [1.82, 2.24) is 4.90 Å². The summed E-state index contributed by atoms with van der Waals surface area (Å²) in [5, 5.41) is 8.86. The van der Waals surface area contributed by atoms with E-state index in [0.717, 1.165) is 24.6 Å². The molecule has 2 atom stereocenters. The predicted molar refractivity (Wildman–Crippen MR) is 55.2 cm³/mol. The average molecular weight is 203 g/mol. The first-order chi connectivity index (χ1) is 6.11. The lowest BCUT2D eigenvalue weighted by Crippen LogP contribution is -2.41. The smallest absolute Gasteiger partial charge is 0.320 e. The number of aliphatic carboxylic acids is 1. The van der Waals surface area contributed by atoms with Crippen molar-refractivity contribution in [1.29, 1.82) is 0 Å². The van der Waals surface area contributed by atoms with Crippen molar-refractivity contribution in [3.05, 3.63) is 0 Å². The molecule has 1 rings (SSSR count). The number of rotatable bonds is 2. The van der Waals surface area contributed by atoms with Gasteiger partial charge >= 0.3 is 5.97 Å². The minimum atomic E-state index is -0.709. The van der Waals surface area contributed by atoms with Gasteiger partial charge in [0.2, 0.25) is 0 Å². The van der Waals surface area contributed by atoms with Gasteiger partial charge in [-0.15, -0.1) is 0 Å². The third kappa shape index (κ3) is 3.19. The van der Waals surface area contributed by atoms with Crippen LogP contribution in [-0.4, -0.2) is 46.6 Å². The van der Waals surface area contributed by atoms with E-state index in [2.05, 4.69) is 11.8 Å². The van der Waals surface area contributed by atoms with Crippen LogP contribution in [0.5, 0.6) is 0 Å². The van der Waals surface area contributed by atoms with Crippen LogP contribution in [0, 0.1) is 5.92 Å². The molecule has 1 N–H and O–H groups in total. The van der Waals surface area contributed by atoms with Gasteiger partial charge in [0.1, 0.15) is 6.04 Å². The number of nitrogens with zero attached hydrogens (tertiary/aromatic N) is 1. The summed E-state index contributed by atoms with van der Waals surface area (Å²) in [6, 6.07) is -0.332. The van der Waals surface area contributed by atoms with E-state index in [0.29, 0.717) is 5.92 Å². The quantitative estimate of drug-likeness (QED) is 0.731. The third-order valence-corrected chi connectivity index (χ3v) is 3.65. The second-order valence-electron chi connectivity index (χ2n) is 3.69. The van der Waals surface area contributed by atoms with Crippen molar-refractivity contribution in [2.24, 2.45) is 5.92 Å². The van der Waals surface area contributed by atoms with Crippen LogP contribution in [0.4, 0.5) is 0 Å². The Labute approximate surface area is 83.5 Å². The highest BCUT2D eigenvalue weighted by molar-refractivity contribution is 7.99. The number of thioether (sulfide) groups is 1. The van der Waals surface area contributed by atoms with Gasteiger partial charge in [0.25, 0.3) is 0 Å². The summed E-state index contributed by atoms with van der Waals surface area (Å²) >= 11 is 1.92. The summed E-state index contributed by atoms with van der Waals surface area (Å²) in [7, 11) is 0. The van der Waals surface area contributed by atoms with E-state index < -0.39 is 5.97 Å². The molecule has 1 saturated heterocycles. The van der Waals surface area contributed by atoms with Crippen molar-refractivity contribution in [3.63, 3.8) is 0 Å². The van der Waals surface area contributed by atoms with Crippen LogP contribution in [0.3, 0.4) is 0 Å². The topological polar surface area (TPSA) is 40.5 Å². The summed E-state index contributed by atoms with van der Waals surface area (Å²) in [4.78, 5) is 12.8. The maximum absolute atomic E-state index is 10.8. The lowest BCUT2D eigenvalue weighted by molar-refractivity contribution is -0.142. The summed E-state index contributed by atoms with van der Waals surface area (Å²) < 4.78 is 0. The molecular weight excluding hydrogens is 186 g/mol. The lowest BCUT2D eigenvalue weighted by atomic mass is 10.1. The van der Waals surface area contributed by atoms with Crippen LogP contribution in [0.15, 0.2) is 0 Å². The Morgan fingerprint density at radius 1 is 1.69 bits per heavy atom. The maximum Gasteiger partial charge on any atom is 0.320 e. The van der Waals surface area contributed by atoms with Crippen LogP contribution in [0.1, 0.15) is 13.8 Å². The molecule has 4 heteroatoms. The van der Waals surface area contributed by atoms with E-state index in [9.17, 15) is 4.79 Å². The van der Waals surface area contributed by atoms with Gasteiger partial charge in [-0.05, 0) is 18.6 Å². The Kier molecular flexibility index (Phi) is 4.06. The molecule has 0 aliphatic carbocycles. The molecule has 0 bridgehead atoms. The number of carboxylic acids is 1. The normalized spacial score (nSPS) is 28.0. The third-order valence-electron chi connectivity index (χ3n) is 2.38. The molecule has 0 saturated carbocycles. The first-order valence-electron chi connectivity index (χ1n) is 4.66. The number of carboxylic acid groups (broad SMARTS) is 1. The Hall–Kier alpha value is -0.220. The van der Waals surface area contributed by atoms with E-state index in [1.165, 1.54) is 0 Å². The fourth-order valence-electron chi connectivity index (χ4n) is 1.52. The van der Waals surface area contributed by atoms with E-state index in [4.69, 9.17) is 5.11 Å². The molecular formula is C9H17NO2S. The number of hydrogen-bond donors (Lipinski definition) is 1. The van der Waals surface area contributed by atoms with Gasteiger partial charge in [-0.25, -0.2) is 0 Å². The first kappa shape index (κ1) is 10.9. The molecule has 2 unspecified atom stereocenters. The number of hydrogen-bond acceptors (Lipinski definition) is 3. The molecule has 0 aromatic rings. The zero-order chi connectivity index (χ0) is 9.84. The van der Waals surface area contributed by atoms with Crippen molar-refractivity contribution < 1.29 is 9.90 Å². The van der Waals surface area contributed by atoms with Gasteiger partial charge in [0.05, 0.1) is 0 Å². The second kappa shape index (κ2) is 4.86. The van der Waals surface area contributed by atoms with Gasteiger partial charge in [0, 0.05) is 18.8 Å². The molecule has 76 valence electrons. The molecule has 1 aliphatic rings. The molecule has 0 amide bonds. The van der Waals surface area contributed by atoms with Gasteiger partial charge in [-0.2, -0.15) is 11.8 Å². The Bertz CT molecular complexity index is 186. The van der Waals surface area contributed by atoms with Crippen LogP contribution in [0.25, 0.3) is 0 Å². The molecule has 1 aliphatic heterocycles. The first-order valence-corrected chi connectivity index (χ1v) is 5.81. The molecule has 13 heavy (non-hydrogen) atoms. The highest BCUT2D eigenvalue weighted by Gasteiger charge is 2.23. The minimum Gasteiger partial charge on any atom is -0.480 e. The zero-order valence-electron chi connectivity index (χ0n) is 8.19. The molecule has 0 aromatic heterocycles. The van der Waals surface area contributed by atoms with E-state index in [-0.39, 0.29) is 6.04 Å². The second-order valence-corrected chi connectivity index (χ2v) is 4.84. The average Bonchev–Trinajstić information content (AvgIpc) is 2.28. The van der Waals surface area contributed by atoms with E-state index in [1.807, 2.05) is 11.8 Å². The lowest BCUT2D eigenvalue weighted by Gasteiger charge is -2.25. The fraction of sp³-hybridized carbons (Fsp3) is 0.889. The Balaban J connectivity index is 2.51. The minimum absolute atomic E-state index is 0.332. The van der Waals surface area contributed by atoms with Gasteiger partial charge < -0.3 is 5.11 Å². The van der Waals surface area contributed by atoms with Gasteiger partial charge in [-0.3, -0.25) is 9.69 Å². The molecule has 1 heterocycles. The van der Waals surface area contributed by atoms with Crippen LogP contribution in [0.2, 0.25) is 0 Å². The van der Waals surface area contributed by atoms with Gasteiger partial charge in [-0.1, -0.05) is 6.92 Å². The summed E-state index contributed by atoms with van der Waals surface area (Å²) in [5.74, 6) is 2.11. The van der Waals surface area contributed by atoms with Crippen molar-refractivity contribution in [2.45, 2.75) is 19.9 Å². The van der Waals surface area contributed by atoms with Crippen LogP contribution >= 0.6 is 11.8 Å². The highest BCUT2D eigenvalue weighted by Crippen LogP contribution is 2.16. The fourth-order valence-corrected chi connectivity index (χ4v) is 2.56. The molecule has 0 aromatic carbocycles. The summed E-state index contributed by atoms with van der Waals surface area (Å²) in [5.41, 5.74) is 0. The largest absolute Gasteiger partial charge is 0.480 e. The highest BCUT2D eigenvalue weighted by atomic mass is 32.2. The molecule has 3 nitrogen and oxygen atoms in total. The van der Waals surface area contributed by atoms with Crippen molar-refractivity contribution in [3.8, 4) is 0 Å². The summed E-state index contributed by atoms with van der Waals surface area (Å²) in [6.45, 7) is 5.77. The van der Waals surface area contributed by atoms with Crippen molar-refractivity contribution in [2.75, 3.05) is 24.6 Å². The standard InChI is InChI=1S/C9H17NO2S/c1-7-5-10(3-4-13-6-7)8(2)9(11)12/h7-8H,3-6H2,1-2H3,(H,11,12). The van der Waals surface area contributed by atoms with E-state index >= 15 is 0 Å². The number of carbonyl (C=O) groups is 1. The molecule has 0 spiro atoms. The van der Waals surface area contributed by atoms with Gasteiger partial charge in [0.15, 0.2) is 0 Å². The summed E-state index contributed by atoms with van der Waals surface area (Å²) in [6.07, 6.45) is 0. The maximum atomic E-state index is 10.8. The Morgan fingerprint density at radius 2 is 2.38 bits per heavy atom. The Morgan fingerprint density at radius 3 is 3.00 bits per heavy atom. The van der Waals surface area contributed by atoms with Crippen LogP contribution in [-0.2, 0) is 4.79 Å². The monoisotopic (exact) mass is 203 g/mol. The molecule has 0 radical (unpaired) electrons.